The van der Waals surface area contributed by atoms with Crippen molar-refractivity contribution >= 4 is 33.1 Å². The molecule has 1 amide bonds. The van der Waals surface area contributed by atoms with Crippen LogP contribution in [0, 0.1) is 0 Å². The van der Waals surface area contributed by atoms with Crippen molar-refractivity contribution in [2.24, 2.45) is 5.10 Å². The first-order valence-electron chi connectivity index (χ1n) is 9.94. The molecule has 3 aromatic rings. The maximum absolute atomic E-state index is 13.4. The quantitative estimate of drug-likeness (QED) is 0.474. The van der Waals surface area contributed by atoms with Crippen LogP contribution in [0.2, 0.25) is 5.02 Å². The molecule has 0 radical (unpaired) electrons. The van der Waals surface area contributed by atoms with E-state index in [1.165, 1.54) is 6.26 Å². The van der Waals surface area contributed by atoms with Gasteiger partial charge < -0.3 is 4.42 Å². The molecule has 0 saturated heterocycles. The van der Waals surface area contributed by atoms with Crippen LogP contribution >= 0.6 is 11.6 Å². The lowest BCUT2D eigenvalue weighted by molar-refractivity contribution is -0.130. The number of sulfone groups is 1. The molecule has 1 aromatic heterocycles. The van der Waals surface area contributed by atoms with Gasteiger partial charge in [-0.1, -0.05) is 35.9 Å². The van der Waals surface area contributed by atoms with E-state index in [-0.39, 0.29) is 10.5 Å². The van der Waals surface area contributed by atoms with Crippen LogP contribution in [0.5, 0.6) is 0 Å². The lowest BCUT2D eigenvalue weighted by Gasteiger charge is -2.20. The molecule has 10 heteroatoms. The number of hydrogen-bond acceptors (Lipinski definition) is 5. The van der Waals surface area contributed by atoms with Crippen LogP contribution in [0.4, 0.5) is 8.78 Å². The minimum absolute atomic E-state index is 0.223. The second-order valence-corrected chi connectivity index (χ2v) is 10.1. The first-order chi connectivity index (χ1) is 15.5. The third-order valence-corrected chi connectivity index (χ3v) is 7.12. The summed E-state index contributed by atoms with van der Waals surface area (Å²) in [6.07, 6.45) is 1.78. The number of carbonyl (C=O) groups is 1. The Morgan fingerprint density at radius 2 is 1.82 bits per heavy atom. The average molecular weight is 493 g/mol. The van der Waals surface area contributed by atoms with Crippen LogP contribution in [0.25, 0.3) is 0 Å². The summed E-state index contributed by atoms with van der Waals surface area (Å²) in [5.74, 6) is -4.27. The molecule has 0 bridgehead atoms. The third kappa shape index (κ3) is 4.99. The number of amides is 1. The van der Waals surface area contributed by atoms with Gasteiger partial charge in [-0.05, 0) is 42.0 Å². The summed E-state index contributed by atoms with van der Waals surface area (Å²) in [7, 11) is -4.09. The van der Waals surface area contributed by atoms with Gasteiger partial charge in [-0.15, -0.1) is 0 Å². The first-order valence-corrected chi connectivity index (χ1v) is 12.0. The van der Waals surface area contributed by atoms with Crippen molar-refractivity contribution in [2.45, 2.75) is 30.2 Å². The Morgan fingerprint density at radius 1 is 1.15 bits per heavy atom. The number of alkyl halides is 2. The lowest BCUT2D eigenvalue weighted by Crippen LogP contribution is -2.32. The summed E-state index contributed by atoms with van der Waals surface area (Å²) in [5.41, 5.74) is 1.00. The molecule has 2 aromatic carbocycles. The predicted molar refractivity (Wildman–Crippen MR) is 119 cm³/mol. The standard InChI is InChI=1S/C23H19ClF2N2O4S/c1-23(25,26)16-6-10-18(11-7-16)33(30,31)14-22(29)28-20(21-3-2-12-32-21)13-19(27-28)15-4-8-17(24)9-5-15/h2-12,20H,13-14H2,1H3. The van der Waals surface area contributed by atoms with Gasteiger partial charge >= 0.3 is 0 Å². The fourth-order valence-corrected chi connectivity index (χ4v) is 4.83. The molecule has 6 nitrogen and oxygen atoms in total. The maximum atomic E-state index is 13.4. The minimum Gasteiger partial charge on any atom is -0.467 e. The molecular formula is C23H19ClF2N2O4S. The van der Waals surface area contributed by atoms with Gasteiger partial charge in [0.15, 0.2) is 9.84 Å². The van der Waals surface area contributed by atoms with Crippen LogP contribution in [0.3, 0.4) is 0 Å². The molecule has 1 atom stereocenters. The van der Waals surface area contributed by atoms with Crippen molar-refractivity contribution in [3.05, 3.63) is 88.8 Å². The van der Waals surface area contributed by atoms with Gasteiger partial charge in [-0.25, -0.2) is 22.2 Å². The molecule has 0 saturated carbocycles. The van der Waals surface area contributed by atoms with Gasteiger partial charge in [0.25, 0.3) is 11.8 Å². The summed E-state index contributed by atoms with van der Waals surface area (Å²) >= 11 is 5.95. The fraction of sp³-hybridized carbons (Fsp3) is 0.217. The molecule has 1 aliphatic heterocycles. The molecule has 33 heavy (non-hydrogen) atoms. The van der Waals surface area contributed by atoms with Crippen molar-refractivity contribution in [3.63, 3.8) is 0 Å². The van der Waals surface area contributed by atoms with E-state index in [2.05, 4.69) is 5.10 Å². The number of hydrogen-bond donors (Lipinski definition) is 0. The Labute approximate surface area is 194 Å². The zero-order chi connectivity index (χ0) is 23.8. The van der Waals surface area contributed by atoms with Crippen molar-refractivity contribution in [2.75, 3.05) is 5.75 Å². The fourth-order valence-electron chi connectivity index (χ4n) is 3.53. The van der Waals surface area contributed by atoms with Crippen LogP contribution in [0.15, 0.2) is 81.3 Å². The van der Waals surface area contributed by atoms with Gasteiger partial charge in [-0.2, -0.15) is 5.10 Å². The minimum atomic E-state index is -4.09. The first kappa shape index (κ1) is 23.1. The van der Waals surface area contributed by atoms with Gasteiger partial charge in [-0.3, -0.25) is 4.79 Å². The molecule has 0 N–H and O–H groups in total. The second-order valence-electron chi connectivity index (χ2n) is 7.70. The van der Waals surface area contributed by atoms with Crippen molar-refractivity contribution < 1.29 is 26.4 Å². The van der Waals surface area contributed by atoms with Gasteiger partial charge in [0.05, 0.1) is 16.9 Å². The van der Waals surface area contributed by atoms with E-state index < -0.39 is 33.5 Å². The van der Waals surface area contributed by atoms with Crippen molar-refractivity contribution in [3.8, 4) is 0 Å². The van der Waals surface area contributed by atoms with Crippen LogP contribution < -0.4 is 0 Å². The highest BCUT2D eigenvalue weighted by atomic mass is 35.5. The predicted octanol–water partition coefficient (Wildman–Crippen LogP) is 5.20. The second kappa shape index (κ2) is 8.72. The van der Waals surface area contributed by atoms with Crippen molar-refractivity contribution in [1.82, 2.24) is 5.01 Å². The summed E-state index contributed by atoms with van der Waals surface area (Å²) in [6.45, 7) is 0.721. The number of furan rings is 1. The molecule has 1 aliphatic rings. The highest BCUT2D eigenvalue weighted by Crippen LogP contribution is 2.34. The zero-order valence-electron chi connectivity index (χ0n) is 17.4. The van der Waals surface area contributed by atoms with E-state index in [1.54, 1.807) is 36.4 Å². The molecule has 0 fully saturated rings. The molecular weight excluding hydrogens is 474 g/mol. The average Bonchev–Trinajstić information content (AvgIpc) is 3.43. The number of benzene rings is 2. The number of carbonyl (C=O) groups excluding carboxylic acids is 1. The normalized spacial score (nSPS) is 16.7. The molecule has 4 rings (SSSR count). The van der Waals surface area contributed by atoms with E-state index in [0.717, 1.165) is 41.8 Å². The SMILES string of the molecule is CC(F)(F)c1ccc(S(=O)(=O)CC(=O)N2N=C(c3ccc(Cl)cc3)CC2c2ccco2)cc1. The summed E-state index contributed by atoms with van der Waals surface area (Å²) in [4.78, 5) is 12.8. The summed E-state index contributed by atoms with van der Waals surface area (Å²) in [6, 6.07) is 13.9. The monoisotopic (exact) mass is 492 g/mol. The van der Waals surface area contributed by atoms with Gasteiger partial charge in [0, 0.05) is 23.9 Å². The van der Waals surface area contributed by atoms with E-state index in [0.29, 0.717) is 22.9 Å². The number of hydrazone groups is 1. The van der Waals surface area contributed by atoms with E-state index in [1.807, 2.05) is 0 Å². The Morgan fingerprint density at radius 3 is 2.39 bits per heavy atom. The highest BCUT2D eigenvalue weighted by molar-refractivity contribution is 7.92. The van der Waals surface area contributed by atoms with Crippen LogP contribution in [0.1, 0.15) is 36.3 Å². The molecule has 0 aliphatic carbocycles. The Hall–Kier alpha value is -3.04. The molecule has 0 spiro atoms. The largest absolute Gasteiger partial charge is 0.467 e. The number of nitrogens with zero attached hydrogens (tertiary/aromatic N) is 2. The topological polar surface area (TPSA) is 80.0 Å². The van der Waals surface area contributed by atoms with Crippen LogP contribution in [-0.2, 0) is 20.6 Å². The third-order valence-electron chi connectivity index (χ3n) is 5.25. The van der Waals surface area contributed by atoms with E-state index in [4.69, 9.17) is 16.0 Å². The van der Waals surface area contributed by atoms with Gasteiger partial charge in [0.2, 0.25) is 0 Å². The summed E-state index contributed by atoms with van der Waals surface area (Å²) < 4.78 is 58.0. The smallest absolute Gasteiger partial charge is 0.270 e. The molecule has 172 valence electrons. The zero-order valence-corrected chi connectivity index (χ0v) is 19.0. The molecule has 2 heterocycles. The van der Waals surface area contributed by atoms with Crippen molar-refractivity contribution in [1.29, 1.82) is 0 Å². The maximum Gasteiger partial charge on any atom is 0.270 e. The van der Waals surface area contributed by atoms with Crippen LogP contribution in [-0.4, -0.2) is 30.8 Å². The van der Waals surface area contributed by atoms with Gasteiger partial charge in [0.1, 0.15) is 17.6 Å². The van der Waals surface area contributed by atoms with E-state index >= 15 is 0 Å². The van der Waals surface area contributed by atoms with E-state index in [9.17, 15) is 22.0 Å². The summed E-state index contributed by atoms with van der Waals surface area (Å²) in [5, 5.41) is 6.04. The Balaban J connectivity index is 1.60. The number of halogens is 3. The lowest BCUT2D eigenvalue weighted by atomic mass is 10.0. The highest BCUT2D eigenvalue weighted by Gasteiger charge is 2.37. The number of rotatable bonds is 6. The Bertz CT molecular complexity index is 1280. The Kier molecular flexibility index (Phi) is 6.11. The molecule has 1 unspecified atom stereocenters.